The van der Waals surface area contributed by atoms with Crippen molar-refractivity contribution in [3.8, 4) is 23.0 Å². The van der Waals surface area contributed by atoms with Gasteiger partial charge in [-0.25, -0.2) is 4.68 Å². The minimum Gasteiger partial charge on any atom is -0.494 e. The summed E-state index contributed by atoms with van der Waals surface area (Å²) in [5.41, 5.74) is 3.61. The first kappa shape index (κ1) is 20.0. The molecule has 30 heavy (non-hydrogen) atoms. The number of ether oxygens (including phenoxy) is 1. The lowest BCUT2D eigenvalue weighted by Crippen LogP contribution is -2.11. The molecule has 4 rings (SSSR count). The molecule has 152 valence electrons. The zero-order valence-corrected chi connectivity index (χ0v) is 18.0. The van der Waals surface area contributed by atoms with E-state index in [2.05, 4.69) is 25.0 Å². The van der Waals surface area contributed by atoms with E-state index in [0.717, 1.165) is 28.5 Å². The van der Waals surface area contributed by atoms with Crippen molar-refractivity contribution in [3.63, 3.8) is 0 Å². The monoisotopic (exact) mass is 440 g/mol. The minimum absolute atomic E-state index is 0.292. The van der Waals surface area contributed by atoms with Crippen LogP contribution in [0.15, 0.2) is 42.5 Å². The number of rotatable bonds is 5. The number of nitrogens with zero attached hydrogens (tertiary/aromatic N) is 5. The first-order chi connectivity index (χ1) is 14.5. The third-order valence-corrected chi connectivity index (χ3v) is 5.30. The highest BCUT2D eigenvalue weighted by Crippen LogP contribution is 2.28. The molecular formula is C20H17ClN6O2S. The third-order valence-electron chi connectivity index (χ3n) is 4.42. The molecule has 4 aromatic rings. The molecular weight excluding hydrogens is 424 g/mol. The smallest absolute Gasteiger partial charge is 0.257 e. The average Bonchev–Trinajstić information content (AvgIpc) is 3.34. The van der Waals surface area contributed by atoms with Gasteiger partial charge in [0.15, 0.2) is 11.5 Å². The molecule has 0 atom stereocenters. The number of anilines is 1. The van der Waals surface area contributed by atoms with Crippen LogP contribution in [0.5, 0.6) is 5.75 Å². The number of aryl methyl sites for hydroxylation is 1. The maximum Gasteiger partial charge on any atom is 0.257 e. The molecule has 1 amide bonds. The van der Waals surface area contributed by atoms with Gasteiger partial charge in [0.25, 0.3) is 5.91 Å². The van der Waals surface area contributed by atoms with E-state index in [1.165, 1.54) is 0 Å². The first-order valence-electron chi connectivity index (χ1n) is 8.94. The van der Waals surface area contributed by atoms with Crippen LogP contribution in [0.4, 0.5) is 5.13 Å². The van der Waals surface area contributed by atoms with E-state index < -0.39 is 0 Å². The van der Waals surface area contributed by atoms with Crippen LogP contribution in [0.3, 0.4) is 0 Å². The highest BCUT2D eigenvalue weighted by atomic mass is 35.5. The Hall–Kier alpha value is -3.30. The second-order valence-electron chi connectivity index (χ2n) is 6.49. The van der Waals surface area contributed by atoms with Crippen molar-refractivity contribution < 1.29 is 9.53 Å². The zero-order valence-electron chi connectivity index (χ0n) is 16.4. The van der Waals surface area contributed by atoms with Gasteiger partial charge in [-0.3, -0.25) is 10.1 Å². The molecule has 0 unspecified atom stereocenters. The Kier molecular flexibility index (Phi) is 5.47. The predicted octanol–water partition coefficient (Wildman–Crippen LogP) is 4.32. The number of hydrogen-bond acceptors (Lipinski definition) is 7. The average molecular weight is 441 g/mol. The van der Waals surface area contributed by atoms with Gasteiger partial charge in [-0.1, -0.05) is 22.9 Å². The van der Waals surface area contributed by atoms with Crippen molar-refractivity contribution >= 4 is 34.2 Å². The van der Waals surface area contributed by atoms with Crippen LogP contribution in [-0.4, -0.2) is 37.4 Å². The van der Waals surface area contributed by atoms with Gasteiger partial charge >= 0.3 is 0 Å². The number of methoxy groups -OCH3 is 1. The Morgan fingerprint density at radius 1 is 1.17 bits per heavy atom. The fraction of sp³-hybridized carbons (Fsp3) is 0.150. The number of hydrogen-bond donors (Lipinski definition) is 1. The van der Waals surface area contributed by atoms with Crippen LogP contribution in [0.1, 0.15) is 21.6 Å². The van der Waals surface area contributed by atoms with E-state index in [9.17, 15) is 4.79 Å². The highest BCUT2D eigenvalue weighted by molar-refractivity contribution is 7.10. The molecule has 0 aliphatic carbocycles. The lowest BCUT2D eigenvalue weighted by Gasteiger charge is -2.10. The van der Waals surface area contributed by atoms with Gasteiger partial charge in [0.05, 0.1) is 12.8 Å². The number of carbonyl (C=O) groups is 1. The standard InChI is InChI=1S/C20H17ClN6O2S/c1-11-4-9-16(29-3)15(10-11)27-12(2)17(24-26-27)18-22-20(30-25-18)23-19(28)13-5-7-14(21)8-6-13/h4-10H,1-3H3,(H,22,23,25,28). The maximum atomic E-state index is 12.4. The van der Waals surface area contributed by atoms with Crippen LogP contribution < -0.4 is 10.1 Å². The SMILES string of the molecule is COc1ccc(C)cc1-n1nnc(-c2nsc(NC(=O)c3ccc(Cl)cc3)n2)c1C. The Balaban J connectivity index is 1.60. The highest BCUT2D eigenvalue weighted by Gasteiger charge is 2.19. The molecule has 0 aliphatic heterocycles. The van der Waals surface area contributed by atoms with Crippen molar-refractivity contribution in [2.75, 3.05) is 12.4 Å². The van der Waals surface area contributed by atoms with Gasteiger partial charge in [0.2, 0.25) is 5.13 Å². The molecule has 0 bridgehead atoms. The predicted molar refractivity (Wildman–Crippen MR) is 116 cm³/mol. The molecule has 0 fully saturated rings. The minimum atomic E-state index is -0.292. The summed E-state index contributed by atoms with van der Waals surface area (Å²) in [6, 6.07) is 12.4. The van der Waals surface area contributed by atoms with Crippen LogP contribution >= 0.6 is 23.1 Å². The first-order valence-corrected chi connectivity index (χ1v) is 10.1. The van der Waals surface area contributed by atoms with Gasteiger partial charge in [-0.05, 0) is 55.8 Å². The summed E-state index contributed by atoms with van der Waals surface area (Å²) in [5, 5.41) is 12.2. The lowest BCUT2D eigenvalue weighted by molar-refractivity contribution is 0.102. The van der Waals surface area contributed by atoms with Crippen LogP contribution in [0.25, 0.3) is 17.2 Å². The Morgan fingerprint density at radius 3 is 2.67 bits per heavy atom. The van der Waals surface area contributed by atoms with Gasteiger partial charge < -0.3 is 4.74 Å². The van der Waals surface area contributed by atoms with E-state index in [1.807, 2.05) is 32.0 Å². The second kappa shape index (κ2) is 8.21. The molecule has 0 aliphatic rings. The largest absolute Gasteiger partial charge is 0.494 e. The Bertz CT molecular complexity index is 1220. The second-order valence-corrected chi connectivity index (χ2v) is 7.68. The van der Waals surface area contributed by atoms with Gasteiger partial charge in [0, 0.05) is 22.1 Å². The summed E-state index contributed by atoms with van der Waals surface area (Å²) in [4.78, 5) is 16.8. The fourth-order valence-corrected chi connectivity index (χ4v) is 3.56. The number of nitrogens with one attached hydrogen (secondary N) is 1. The van der Waals surface area contributed by atoms with Gasteiger partial charge in [-0.2, -0.15) is 9.36 Å². The number of carbonyl (C=O) groups excluding carboxylic acids is 1. The van der Waals surface area contributed by atoms with Gasteiger partial charge in [0.1, 0.15) is 11.4 Å². The molecule has 2 aromatic carbocycles. The number of halogens is 1. The Morgan fingerprint density at radius 2 is 1.93 bits per heavy atom. The third kappa shape index (κ3) is 3.89. The van der Waals surface area contributed by atoms with Crippen LogP contribution in [0, 0.1) is 13.8 Å². The van der Waals surface area contributed by atoms with E-state index in [1.54, 1.807) is 36.1 Å². The summed E-state index contributed by atoms with van der Waals surface area (Å²) in [6.07, 6.45) is 0. The number of aromatic nitrogens is 5. The van der Waals surface area contributed by atoms with E-state index in [0.29, 0.717) is 33.0 Å². The molecule has 8 nitrogen and oxygen atoms in total. The van der Waals surface area contributed by atoms with Crippen molar-refractivity contribution in [2.45, 2.75) is 13.8 Å². The lowest BCUT2D eigenvalue weighted by atomic mass is 10.2. The number of benzene rings is 2. The normalized spacial score (nSPS) is 10.8. The summed E-state index contributed by atoms with van der Waals surface area (Å²) < 4.78 is 11.5. The van der Waals surface area contributed by atoms with E-state index >= 15 is 0 Å². The zero-order chi connectivity index (χ0) is 21.3. The van der Waals surface area contributed by atoms with Crippen molar-refractivity contribution in [3.05, 3.63) is 64.3 Å². The molecule has 0 radical (unpaired) electrons. The molecule has 2 aromatic heterocycles. The maximum absolute atomic E-state index is 12.4. The molecule has 1 N–H and O–H groups in total. The summed E-state index contributed by atoms with van der Waals surface area (Å²) in [6.45, 7) is 3.87. The van der Waals surface area contributed by atoms with Crippen molar-refractivity contribution in [1.29, 1.82) is 0 Å². The molecule has 0 saturated carbocycles. The summed E-state index contributed by atoms with van der Waals surface area (Å²) in [5.74, 6) is 0.781. The van der Waals surface area contributed by atoms with Crippen LogP contribution in [-0.2, 0) is 0 Å². The quantitative estimate of drug-likeness (QED) is 0.496. The summed E-state index contributed by atoms with van der Waals surface area (Å²) >= 11 is 6.94. The molecule has 0 saturated heterocycles. The molecule has 0 spiro atoms. The summed E-state index contributed by atoms with van der Waals surface area (Å²) in [7, 11) is 1.61. The van der Waals surface area contributed by atoms with E-state index in [-0.39, 0.29) is 5.91 Å². The topological polar surface area (TPSA) is 94.8 Å². The van der Waals surface area contributed by atoms with Crippen molar-refractivity contribution in [2.24, 2.45) is 0 Å². The van der Waals surface area contributed by atoms with Gasteiger partial charge in [-0.15, -0.1) is 5.10 Å². The Labute approximate surface area is 181 Å². The fourth-order valence-electron chi connectivity index (χ4n) is 2.87. The van der Waals surface area contributed by atoms with E-state index in [4.69, 9.17) is 16.3 Å². The molecule has 10 heteroatoms. The number of amides is 1. The molecule has 2 heterocycles. The van der Waals surface area contributed by atoms with Crippen molar-refractivity contribution in [1.82, 2.24) is 24.4 Å². The van der Waals surface area contributed by atoms with Crippen LogP contribution in [0.2, 0.25) is 5.02 Å².